The average Bonchev–Trinajstić information content (AvgIpc) is 3.29. The number of ketones is 1. The Bertz CT molecular complexity index is 1490. The second kappa shape index (κ2) is 10.3. The number of carbonyl (C=O) groups excluding carboxylic acids is 2. The molecule has 4 heterocycles. The van der Waals surface area contributed by atoms with E-state index in [0.29, 0.717) is 38.3 Å². The summed E-state index contributed by atoms with van der Waals surface area (Å²) < 4.78 is 5.61. The lowest BCUT2D eigenvalue weighted by Gasteiger charge is -2.38. The third-order valence-corrected chi connectivity index (χ3v) is 9.12. The summed E-state index contributed by atoms with van der Waals surface area (Å²) in [6.07, 6.45) is 2.09. The van der Waals surface area contributed by atoms with Crippen LogP contribution < -0.4 is 10.2 Å². The molecule has 40 heavy (non-hydrogen) atoms. The molecule has 2 saturated heterocycles. The predicted molar refractivity (Wildman–Crippen MR) is 153 cm³/mol. The molecule has 208 valence electrons. The van der Waals surface area contributed by atoms with Crippen molar-refractivity contribution >= 4 is 34.1 Å². The lowest BCUT2D eigenvalue weighted by molar-refractivity contribution is 0.0564. The van der Waals surface area contributed by atoms with Crippen molar-refractivity contribution in [1.82, 2.24) is 15.2 Å². The minimum absolute atomic E-state index is 0.109. The molecule has 3 aromatic rings. The molecule has 0 spiro atoms. The van der Waals surface area contributed by atoms with E-state index in [4.69, 9.17) is 9.84 Å². The van der Waals surface area contributed by atoms with Crippen LogP contribution in [-0.4, -0.2) is 78.2 Å². The van der Waals surface area contributed by atoms with Crippen molar-refractivity contribution in [3.8, 4) is 22.4 Å². The van der Waals surface area contributed by atoms with Gasteiger partial charge in [0.25, 0.3) is 5.91 Å². The van der Waals surface area contributed by atoms with Crippen LogP contribution in [0, 0.1) is 5.41 Å². The number of rotatable bonds is 5. The van der Waals surface area contributed by atoms with Crippen LogP contribution >= 0.6 is 11.3 Å². The Kier molecular flexibility index (Phi) is 6.83. The number of aromatic nitrogens is 1. The SMILES string of the molecule is CC1(C)CC(=O)c2sc(N3CCOCC3)c(-c3ccnc(-c4cccc(C(=O)N5CC(NC(=O)O)C5)c4)c3)c2C1. The van der Waals surface area contributed by atoms with Crippen LogP contribution in [0.3, 0.4) is 0 Å². The Morgan fingerprint density at radius 2 is 1.88 bits per heavy atom. The fourth-order valence-corrected chi connectivity index (χ4v) is 7.17. The van der Waals surface area contributed by atoms with Gasteiger partial charge in [0.2, 0.25) is 0 Å². The molecule has 1 aromatic carbocycles. The van der Waals surface area contributed by atoms with Crippen molar-refractivity contribution in [2.24, 2.45) is 5.41 Å². The van der Waals surface area contributed by atoms with Crippen LogP contribution in [-0.2, 0) is 11.2 Å². The van der Waals surface area contributed by atoms with E-state index in [2.05, 4.69) is 35.1 Å². The summed E-state index contributed by atoms with van der Waals surface area (Å²) in [6, 6.07) is 11.2. The van der Waals surface area contributed by atoms with Gasteiger partial charge in [-0.05, 0) is 47.2 Å². The molecule has 0 atom stereocenters. The summed E-state index contributed by atoms with van der Waals surface area (Å²) in [6.45, 7) is 7.90. The molecule has 1 aliphatic carbocycles. The predicted octanol–water partition coefficient (Wildman–Crippen LogP) is 4.56. The van der Waals surface area contributed by atoms with Gasteiger partial charge >= 0.3 is 6.09 Å². The monoisotopic (exact) mass is 560 g/mol. The topological polar surface area (TPSA) is 112 Å². The van der Waals surface area contributed by atoms with Crippen molar-refractivity contribution in [3.63, 3.8) is 0 Å². The van der Waals surface area contributed by atoms with Gasteiger partial charge in [-0.3, -0.25) is 14.6 Å². The van der Waals surface area contributed by atoms with Crippen molar-refractivity contribution in [3.05, 3.63) is 58.6 Å². The second-order valence-corrected chi connectivity index (χ2v) is 12.5. The minimum Gasteiger partial charge on any atom is -0.465 e. The maximum atomic E-state index is 13.2. The highest BCUT2D eigenvalue weighted by molar-refractivity contribution is 7.19. The van der Waals surface area contributed by atoms with Gasteiger partial charge in [0.05, 0.1) is 34.8 Å². The molecule has 0 saturated carbocycles. The lowest BCUT2D eigenvalue weighted by atomic mass is 9.75. The maximum absolute atomic E-state index is 13.2. The molecular weight excluding hydrogens is 528 g/mol. The number of fused-ring (bicyclic) bond motifs is 1. The van der Waals surface area contributed by atoms with E-state index in [0.717, 1.165) is 57.3 Å². The van der Waals surface area contributed by atoms with Crippen LogP contribution in [0.15, 0.2) is 42.6 Å². The summed E-state index contributed by atoms with van der Waals surface area (Å²) in [5.41, 5.74) is 5.23. The van der Waals surface area contributed by atoms with E-state index >= 15 is 0 Å². The molecule has 2 N–H and O–H groups in total. The van der Waals surface area contributed by atoms with E-state index in [9.17, 15) is 14.4 Å². The van der Waals surface area contributed by atoms with Gasteiger partial charge in [-0.25, -0.2) is 4.79 Å². The summed E-state index contributed by atoms with van der Waals surface area (Å²) >= 11 is 1.60. The first-order chi connectivity index (χ1) is 19.2. The van der Waals surface area contributed by atoms with E-state index in [1.165, 1.54) is 0 Å². The van der Waals surface area contributed by atoms with E-state index in [-0.39, 0.29) is 23.1 Å². The molecule has 0 bridgehead atoms. The number of morpholine rings is 1. The fraction of sp³-hybridized carbons (Fsp3) is 0.400. The fourth-order valence-electron chi connectivity index (χ4n) is 5.84. The van der Waals surface area contributed by atoms with Crippen LogP contribution in [0.4, 0.5) is 9.80 Å². The van der Waals surface area contributed by atoms with Gasteiger partial charge in [0.15, 0.2) is 5.78 Å². The highest BCUT2D eigenvalue weighted by atomic mass is 32.1. The van der Waals surface area contributed by atoms with Crippen LogP contribution in [0.5, 0.6) is 0 Å². The van der Waals surface area contributed by atoms with E-state index < -0.39 is 6.09 Å². The molecule has 3 aliphatic rings. The lowest BCUT2D eigenvalue weighted by Crippen LogP contribution is -2.60. The second-order valence-electron chi connectivity index (χ2n) is 11.5. The number of likely N-dealkylation sites (tertiary alicyclic amines) is 1. The zero-order chi connectivity index (χ0) is 28.0. The van der Waals surface area contributed by atoms with Crippen molar-refractivity contribution in [2.75, 3.05) is 44.3 Å². The number of ether oxygens (including phenoxy) is 1. The Morgan fingerprint density at radius 1 is 1.10 bits per heavy atom. The summed E-state index contributed by atoms with van der Waals surface area (Å²) in [5, 5.41) is 12.4. The number of Topliss-reactive ketones (excluding diaryl/α,β-unsaturated/α-hetero) is 1. The standard InChI is InChI=1S/C30H32N4O5S/c1-30(2)14-22-25(28(33-8-10-39-11-9-33)40-26(22)24(35)15-30)19-6-7-31-23(13-19)18-4-3-5-20(12-18)27(36)34-16-21(17-34)32-29(37)38/h3-7,12-13,21,32H,8-11,14-17H2,1-2H3,(H,37,38). The van der Waals surface area contributed by atoms with Crippen LogP contribution in [0.25, 0.3) is 22.4 Å². The van der Waals surface area contributed by atoms with Crippen LogP contribution in [0.2, 0.25) is 0 Å². The zero-order valence-electron chi connectivity index (χ0n) is 22.6. The van der Waals surface area contributed by atoms with Gasteiger partial charge in [0, 0.05) is 55.5 Å². The Morgan fingerprint density at radius 3 is 2.62 bits per heavy atom. The highest BCUT2D eigenvalue weighted by Crippen LogP contribution is 2.49. The molecule has 6 rings (SSSR count). The maximum Gasteiger partial charge on any atom is 0.405 e. The number of benzene rings is 1. The summed E-state index contributed by atoms with van der Waals surface area (Å²) in [7, 11) is 0. The number of nitrogens with one attached hydrogen (secondary N) is 1. The van der Waals surface area contributed by atoms with Crippen LogP contribution in [0.1, 0.15) is 45.9 Å². The van der Waals surface area contributed by atoms with Crippen molar-refractivity contribution in [2.45, 2.75) is 32.7 Å². The first-order valence-corrected chi connectivity index (χ1v) is 14.4. The Hall–Kier alpha value is -3.76. The van der Waals surface area contributed by atoms with E-state index in [1.807, 2.05) is 24.3 Å². The molecule has 0 radical (unpaired) electrons. The Balaban J connectivity index is 1.34. The third-order valence-electron chi connectivity index (χ3n) is 7.78. The molecule has 2 aliphatic heterocycles. The molecular formula is C30H32N4O5S. The largest absolute Gasteiger partial charge is 0.465 e. The Labute approximate surface area is 236 Å². The van der Waals surface area contributed by atoms with Gasteiger partial charge in [0.1, 0.15) is 0 Å². The number of hydrogen-bond acceptors (Lipinski definition) is 7. The number of carboxylic acid groups (broad SMARTS) is 1. The third kappa shape index (κ3) is 5.09. The molecule has 2 aromatic heterocycles. The van der Waals surface area contributed by atoms with Gasteiger partial charge in [-0.2, -0.15) is 0 Å². The normalized spacial score (nSPS) is 18.7. The number of hydrogen-bond donors (Lipinski definition) is 2. The summed E-state index contributed by atoms with van der Waals surface area (Å²) in [4.78, 5) is 46.6. The minimum atomic E-state index is -1.08. The number of carbonyl (C=O) groups is 3. The number of amides is 2. The zero-order valence-corrected chi connectivity index (χ0v) is 23.4. The number of anilines is 1. The van der Waals surface area contributed by atoms with Gasteiger partial charge < -0.3 is 25.0 Å². The molecule has 2 fully saturated rings. The highest BCUT2D eigenvalue weighted by Gasteiger charge is 2.37. The number of nitrogens with zero attached hydrogens (tertiary/aromatic N) is 3. The first-order valence-electron chi connectivity index (χ1n) is 13.6. The molecule has 0 unspecified atom stereocenters. The molecule has 2 amide bonds. The van der Waals surface area contributed by atoms with E-state index in [1.54, 1.807) is 28.5 Å². The average molecular weight is 561 g/mol. The number of pyridine rings is 1. The first kappa shape index (κ1) is 26.5. The van der Waals surface area contributed by atoms with Crippen molar-refractivity contribution < 1.29 is 24.2 Å². The van der Waals surface area contributed by atoms with Gasteiger partial charge in [-0.1, -0.05) is 26.0 Å². The smallest absolute Gasteiger partial charge is 0.405 e. The summed E-state index contributed by atoms with van der Waals surface area (Å²) in [5.74, 6) is 0.0768. The molecule has 10 heteroatoms. The molecule has 9 nitrogen and oxygen atoms in total. The number of thiophene rings is 1. The van der Waals surface area contributed by atoms with Gasteiger partial charge in [-0.15, -0.1) is 11.3 Å². The van der Waals surface area contributed by atoms with Crippen molar-refractivity contribution in [1.29, 1.82) is 0 Å². The quantitative estimate of drug-likeness (QED) is 0.471.